The summed E-state index contributed by atoms with van der Waals surface area (Å²) < 4.78 is 23.7. The number of hydrogen-bond acceptors (Lipinski definition) is 3. The third kappa shape index (κ3) is 3.80. The second-order valence-electron chi connectivity index (χ2n) is 3.04. The Balaban J connectivity index is 2.64. The maximum absolute atomic E-state index is 11.9. The molecule has 1 heterocycles. The number of pyridine rings is 1. The highest BCUT2D eigenvalue weighted by molar-refractivity contribution is 5.92. The zero-order valence-electron chi connectivity index (χ0n) is 8.84. The largest absolute Gasteiger partial charge is 0.370 e. The van der Waals surface area contributed by atoms with E-state index in [1.54, 1.807) is 12.1 Å². The number of nitrogens with zero attached hydrogens (tertiary/aromatic N) is 1. The number of halogens is 2. The lowest BCUT2D eigenvalue weighted by Crippen LogP contribution is -2.29. The fourth-order valence-corrected chi connectivity index (χ4v) is 1.10. The molecule has 0 aliphatic rings. The van der Waals surface area contributed by atoms with Crippen LogP contribution in [0.1, 0.15) is 17.4 Å². The highest BCUT2D eigenvalue weighted by Gasteiger charge is 2.10. The summed E-state index contributed by atoms with van der Waals surface area (Å²) in [5.41, 5.74) is 0.124. The monoisotopic (exact) mass is 229 g/mol. The third-order valence-corrected chi connectivity index (χ3v) is 1.76. The Labute approximate surface area is 92.1 Å². The number of alkyl halides is 2. The van der Waals surface area contributed by atoms with Gasteiger partial charge >= 0.3 is 0 Å². The van der Waals surface area contributed by atoms with Crippen molar-refractivity contribution in [2.75, 3.05) is 18.4 Å². The van der Waals surface area contributed by atoms with Gasteiger partial charge in [-0.3, -0.25) is 4.79 Å². The molecule has 16 heavy (non-hydrogen) atoms. The smallest absolute Gasteiger partial charge is 0.270 e. The van der Waals surface area contributed by atoms with E-state index in [2.05, 4.69) is 15.6 Å². The van der Waals surface area contributed by atoms with E-state index in [1.807, 2.05) is 6.92 Å². The molecule has 0 saturated heterocycles. The van der Waals surface area contributed by atoms with Crippen LogP contribution in [0.15, 0.2) is 18.2 Å². The van der Waals surface area contributed by atoms with Gasteiger partial charge in [-0.15, -0.1) is 0 Å². The Kier molecular flexibility index (Phi) is 4.63. The van der Waals surface area contributed by atoms with Gasteiger partial charge in [0.1, 0.15) is 11.5 Å². The summed E-state index contributed by atoms with van der Waals surface area (Å²) in [6.07, 6.45) is -2.55. The predicted octanol–water partition coefficient (Wildman–Crippen LogP) is 1.51. The van der Waals surface area contributed by atoms with E-state index in [9.17, 15) is 13.6 Å². The lowest BCUT2D eigenvalue weighted by atomic mass is 10.3. The summed E-state index contributed by atoms with van der Waals surface area (Å²) in [7, 11) is 0. The molecule has 0 spiro atoms. The zero-order chi connectivity index (χ0) is 12.0. The van der Waals surface area contributed by atoms with Gasteiger partial charge in [-0.05, 0) is 19.1 Å². The van der Waals surface area contributed by atoms with Crippen molar-refractivity contribution in [1.29, 1.82) is 0 Å². The van der Waals surface area contributed by atoms with E-state index >= 15 is 0 Å². The normalized spacial score (nSPS) is 10.2. The fraction of sp³-hybridized carbons (Fsp3) is 0.400. The lowest BCUT2D eigenvalue weighted by Gasteiger charge is -2.06. The van der Waals surface area contributed by atoms with E-state index in [4.69, 9.17) is 0 Å². The van der Waals surface area contributed by atoms with Crippen LogP contribution in [-0.4, -0.2) is 30.4 Å². The fourth-order valence-electron chi connectivity index (χ4n) is 1.10. The number of anilines is 1. The van der Waals surface area contributed by atoms with E-state index in [1.165, 1.54) is 6.07 Å². The number of amides is 1. The molecule has 4 nitrogen and oxygen atoms in total. The molecular formula is C10H13F2N3O. The van der Waals surface area contributed by atoms with Crippen LogP contribution in [0.5, 0.6) is 0 Å². The first-order valence-corrected chi connectivity index (χ1v) is 4.90. The van der Waals surface area contributed by atoms with Gasteiger partial charge in [0.15, 0.2) is 0 Å². The molecule has 0 fully saturated rings. The van der Waals surface area contributed by atoms with Gasteiger partial charge in [-0.1, -0.05) is 6.07 Å². The van der Waals surface area contributed by atoms with Crippen LogP contribution >= 0.6 is 0 Å². The molecule has 1 aromatic rings. The van der Waals surface area contributed by atoms with Crippen LogP contribution in [0.3, 0.4) is 0 Å². The third-order valence-electron chi connectivity index (χ3n) is 1.76. The summed E-state index contributed by atoms with van der Waals surface area (Å²) >= 11 is 0. The van der Waals surface area contributed by atoms with Gasteiger partial charge < -0.3 is 10.6 Å². The molecule has 0 unspecified atom stereocenters. The van der Waals surface area contributed by atoms with E-state index in [0.717, 1.165) is 0 Å². The second-order valence-corrected chi connectivity index (χ2v) is 3.04. The molecule has 0 bridgehead atoms. The van der Waals surface area contributed by atoms with Crippen LogP contribution in [0.2, 0.25) is 0 Å². The Morgan fingerprint density at radius 3 is 2.88 bits per heavy atom. The van der Waals surface area contributed by atoms with Gasteiger partial charge in [0.2, 0.25) is 0 Å². The standard InChI is InChI=1S/C10H13F2N3O/c1-2-13-9-5-3-4-7(15-9)10(16)14-6-8(11)12/h3-5,8H,2,6H2,1H3,(H,13,15)(H,14,16). The van der Waals surface area contributed by atoms with Crippen LogP contribution in [0.4, 0.5) is 14.6 Å². The summed E-state index contributed by atoms with van der Waals surface area (Å²) in [6.45, 7) is 1.91. The zero-order valence-corrected chi connectivity index (χ0v) is 8.84. The number of rotatable bonds is 5. The molecule has 0 aliphatic carbocycles. The number of hydrogen-bond donors (Lipinski definition) is 2. The first-order valence-electron chi connectivity index (χ1n) is 4.90. The molecule has 0 atom stereocenters. The number of aromatic nitrogens is 1. The van der Waals surface area contributed by atoms with Crippen molar-refractivity contribution in [3.05, 3.63) is 23.9 Å². The Bertz CT molecular complexity index is 358. The Hall–Kier alpha value is -1.72. The van der Waals surface area contributed by atoms with E-state index < -0.39 is 18.9 Å². The number of nitrogens with one attached hydrogen (secondary N) is 2. The maximum atomic E-state index is 11.9. The minimum absolute atomic E-state index is 0.124. The Morgan fingerprint density at radius 2 is 2.25 bits per heavy atom. The summed E-state index contributed by atoms with van der Waals surface area (Å²) in [4.78, 5) is 15.3. The van der Waals surface area contributed by atoms with Crippen LogP contribution in [-0.2, 0) is 0 Å². The quantitative estimate of drug-likeness (QED) is 0.804. The molecule has 88 valence electrons. The van der Waals surface area contributed by atoms with Crippen molar-refractivity contribution in [2.24, 2.45) is 0 Å². The average Bonchev–Trinajstić information content (AvgIpc) is 2.26. The minimum atomic E-state index is -2.55. The van der Waals surface area contributed by atoms with Gasteiger partial charge in [0, 0.05) is 6.54 Å². The average molecular weight is 229 g/mol. The van der Waals surface area contributed by atoms with Crippen LogP contribution in [0.25, 0.3) is 0 Å². The topological polar surface area (TPSA) is 54.0 Å². The van der Waals surface area contributed by atoms with Gasteiger partial charge in [-0.2, -0.15) is 0 Å². The summed E-state index contributed by atoms with van der Waals surface area (Å²) in [5.74, 6) is -0.0488. The summed E-state index contributed by atoms with van der Waals surface area (Å²) in [6, 6.07) is 4.82. The molecule has 2 N–H and O–H groups in total. The molecule has 0 aromatic carbocycles. The predicted molar refractivity (Wildman–Crippen MR) is 56.7 cm³/mol. The van der Waals surface area contributed by atoms with E-state index in [0.29, 0.717) is 12.4 Å². The van der Waals surface area contributed by atoms with Crippen molar-refractivity contribution in [3.63, 3.8) is 0 Å². The van der Waals surface area contributed by atoms with Gasteiger partial charge in [-0.25, -0.2) is 13.8 Å². The summed E-state index contributed by atoms with van der Waals surface area (Å²) in [5, 5.41) is 5.02. The molecule has 1 amide bonds. The van der Waals surface area contributed by atoms with Crippen molar-refractivity contribution in [1.82, 2.24) is 10.3 Å². The minimum Gasteiger partial charge on any atom is -0.370 e. The molecule has 0 aliphatic heterocycles. The highest BCUT2D eigenvalue weighted by atomic mass is 19.3. The highest BCUT2D eigenvalue weighted by Crippen LogP contribution is 2.04. The first-order chi connectivity index (χ1) is 7.63. The molecule has 0 saturated carbocycles. The Morgan fingerprint density at radius 1 is 1.50 bits per heavy atom. The van der Waals surface area contributed by atoms with Crippen molar-refractivity contribution < 1.29 is 13.6 Å². The first kappa shape index (κ1) is 12.4. The van der Waals surface area contributed by atoms with Crippen LogP contribution in [0, 0.1) is 0 Å². The second kappa shape index (κ2) is 5.99. The van der Waals surface area contributed by atoms with Crippen molar-refractivity contribution in [2.45, 2.75) is 13.3 Å². The maximum Gasteiger partial charge on any atom is 0.270 e. The molecule has 6 heteroatoms. The van der Waals surface area contributed by atoms with Gasteiger partial charge in [0.05, 0.1) is 6.54 Å². The molecule has 1 rings (SSSR count). The number of carbonyl (C=O) groups is 1. The van der Waals surface area contributed by atoms with Crippen molar-refractivity contribution in [3.8, 4) is 0 Å². The molecule has 0 radical (unpaired) electrons. The molecular weight excluding hydrogens is 216 g/mol. The number of carbonyl (C=O) groups excluding carboxylic acids is 1. The molecule has 1 aromatic heterocycles. The van der Waals surface area contributed by atoms with Crippen LogP contribution < -0.4 is 10.6 Å². The van der Waals surface area contributed by atoms with E-state index in [-0.39, 0.29) is 5.69 Å². The lowest BCUT2D eigenvalue weighted by molar-refractivity contribution is 0.0887. The SMILES string of the molecule is CCNc1cccc(C(=O)NCC(F)F)n1. The van der Waals surface area contributed by atoms with Crippen molar-refractivity contribution >= 4 is 11.7 Å². The van der Waals surface area contributed by atoms with Gasteiger partial charge in [0.25, 0.3) is 12.3 Å².